The highest BCUT2D eigenvalue weighted by Crippen LogP contribution is 2.11. The summed E-state index contributed by atoms with van der Waals surface area (Å²) in [4.78, 5) is 4.21. The summed E-state index contributed by atoms with van der Waals surface area (Å²) in [5.74, 6) is 0.815. The van der Waals surface area contributed by atoms with Crippen LogP contribution in [0.5, 0.6) is 0 Å². The Kier molecular flexibility index (Phi) is 5.66. The lowest BCUT2D eigenvalue weighted by atomic mass is 10.2. The van der Waals surface area contributed by atoms with Crippen LogP contribution in [0.15, 0.2) is 33.7 Å². The standard InChI is InChI=1S/C14H20BrN3O/c1-16-14(18-10-13-6-3-7-19-13)17-9-11-4-2-5-12(15)8-11/h2,4-5,8,13H,3,6-7,9-10H2,1H3,(H2,16,17,18). The van der Waals surface area contributed by atoms with Gasteiger partial charge in [0, 0.05) is 31.2 Å². The molecule has 2 N–H and O–H groups in total. The van der Waals surface area contributed by atoms with E-state index < -0.39 is 0 Å². The molecule has 0 bridgehead atoms. The minimum absolute atomic E-state index is 0.324. The van der Waals surface area contributed by atoms with Crippen LogP contribution >= 0.6 is 15.9 Å². The van der Waals surface area contributed by atoms with Crippen LogP contribution in [-0.4, -0.2) is 32.3 Å². The Morgan fingerprint density at radius 2 is 2.37 bits per heavy atom. The first-order valence-electron chi connectivity index (χ1n) is 6.58. The second kappa shape index (κ2) is 7.50. The maximum Gasteiger partial charge on any atom is 0.191 e. The quantitative estimate of drug-likeness (QED) is 0.659. The van der Waals surface area contributed by atoms with Gasteiger partial charge in [0.25, 0.3) is 0 Å². The van der Waals surface area contributed by atoms with Gasteiger partial charge < -0.3 is 15.4 Å². The fourth-order valence-electron chi connectivity index (χ4n) is 2.07. The number of aliphatic imine (C=N–C) groups is 1. The second-order valence-electron chi connectivity index (χ2n) is 4.57. The molecule has 1 atom stereocenters. The molecule has 1 aromatic carbocycles. The minimum Gasteiger partial charge on any atom is -0.376 e. The number of nitrogens with one attached hydrogen (secondary N) is 2. The molecule has 104 valence electrons. The van der Waals surface area contributed by atoms with E-state index in [2.05, 4.69) is 43.7 Å². The molecule has 0 aromatic heterocycles. The number of nitrogens with zero attached hydrogens (tertiary/aromatic N) is 1. The van der Waals surface area contributed by atoms with Crippen molar-refractivity contribution in [3.8, 4) is 0 Å². The van der Waals surface area contributed by atoms with Crippen molar-refractivity contribution >= 4 is 21.9 Å². The highest BCUT2D eigenvalue weighted by atomic mass is 79.9. The summed E-state index contributed by atoms with van der Waals surface area (Å²) in [6.45, 7) is 2.46. The van der Waals surface area contributed by atoms with Gasteiger partial charge in [-0.3, -0.25) is 4.99 Å². The van der Waals surface area contributed by atoms with Crippen molar-refractivity contribution in [2.24, 2.45) is 4.99 Å². The number of benzene rings is 1. The summed E-state index contributed by atoms with van der Waals surface area (Å²) in [6.07, 6.45) is 2.62. The number of hydrogen-bond donors (Lipinski definition) is 2. The first kappa shape index (κ1) is 14.3. The normalized spacial score (nSPS) is 19.5. The van der Waals surface area contributed by atoms with E-state index in [1.54, 1.807) is 7.05 Å². The summed E-state index contributed by atoms with van der Waals surface area (Å²) in [5.41, 5.74) is 1.22. The van der Waals surface area contributed by atoms with Crippen molar-refractivity contribution in [1.82, 2.24) is 10.6 Å². The van der Waals surface area contributed by atoms with Crippen LogP contribution in [0.2, 0.25) is 0 Å². The van der Waals surface area contributed by atoms with E-state index in [1.165, 1.54) is 5.56 Å². The van der Waals surface area contributed by atoms with E-state index in [0.29, 0.717) is 6.10 Å². The van der Waals surface area contributed by atoms with Crippen LogP contribution in [0, 0.1) is 0 Å². The molecule has 2 rings (SSSR count). The third-order valence-electron chi connectivity index (χ3n) is 3.09. The topological polar surface area (TPSA) is 45.7 Å². The second-order valence-corrected chi connectivity index (χ2v) is 5.49. The average molecular weight is 326 g/mol. The van der Waals surface area contributed by atoms with Gasteiger partial charge in [-0.05, 0) is 30.5 Å². The van der Waals surface area contributed by atoms with Crippen molar-refractivity contribution < 1.29 is 4.74 Å². The fourth-order valence-corrected chi connectivity index (χ4v) is 2.52. The number of guanidine groups is 1. The maximum atomic E-state index is 5.57. The van der Waals surface area contributed by atoms with Gasteiger partial charge in [0.1, 0.15) is 0 Å². The minimum atomic E-state index is 0.324. The summed E-state index contributed by atoms with van der Waals surface area (Å²) in [6, 6.07) is 8.24. The molecule has 1 fully saturated rings. The van der Waals surface area contributed by atoms with Gasteiger partial charge >= 0.3 is 0 Å². The lowest BCUT2D eigenvalue weighted by Crippen LogP contribution is -2.40. The van der Waals surface area contributed by atoms with Crippen LogP contribution in [-0.2, 0) is 11.3 Å². The average Bonchev–Trinajstić information content (AvgIpc) is 2.92. The summed E-state index contributed by atoms with van der Waals surface area (Å²) < 4.78 is 6.67. The maximum absolute atomic E-state index is 5.57. The van der Waals surface area contributed by atoms with Gasteiger partial charge in [-0.25, -0.2) is 0 Å². The third-order valence-corrected chi connectivity index (χ3v) is 3.59. The Hall–Kier alpha value is -1.07. The van der Waals surface area contributed by atoms with Crippen molar-refractivity contribution in [2.75, 3.05) is 20.2 Å². The number of rotatable bonds is 4. The van der Waals surface area contributed by atoms with Crippen LogP contribution < -0.4 is 10.6 Å². The molecule has 0 radical (unpaired) electrons. The van der Waals surface area contributed by atoms with Crippen LogP contribution in [0.1, 0.15) is 18.4 Å². The van der Waals surface area contributed by atoms with Crippen LogP contribution in [0.3, 0.4) is 0 Å². The Balaban J connectivity index is 1.76. The van der Waals surface area contributed by atoms with Crippen molar-refractivity contribution in [2.45, 2.75) is 25.5 Å². The number of halogens is 1. The Morgan fingerprint density at radius 3 is 3.05 bits per heavy atom. The third kappa shape index (κ3) is 4.84. The molecule has 5 heteroatoms. The van der Waals surface area contributed by atoms with Crippen molar-refractivity contribution in [3.05, 3.63) is 34.3 Å². The molecule has 0 amide bonds. The smallest absolute Gasteiger partial charge is 0.191 e. The van der Waals surface area contributed by atoms with E-state index >= 15 is 0 Å². The lowest BCUT2D eigenvalue weighted by Gasteiger charge is -2.15. The molecule has 1 aliphatic rings. The number of ether oxygens (including phenoxy) is 1. The highest BCUT2D eigenvalue weighted by Gasteiger charge is 2.15. The first-order chi connectivity index (χ1) is 9.28. The largest absolute Gasteiger partial charge is 0.376 e. The molecule has 0 aliphatic carbocycles. The molecular weight excluding hydrogens is 306 g/mol. The van der Waals surface area contributed by atoms with Crippen LogP contribution in [0.4, 0.5) is 0 Å². The van der Waals surface area contributed by atoms with Gasteiger partial charge in [0.15, 0.2) is 5.96 Å². The molecule has 1 heterocycles. The van der Waals surface area contributed by atoms with E-state index in [9.17, 15) is 0 Å². The molecule has 19 heavy (non-hydrogen) atoms. The highest BCUT2D eigenvalue weighted by molar-refractivity contribution is 9.10. The number of hydrogen-bond acceptors (Lipinski definition) is 2. The van der Waals surface area contributed by atoms with Gasteiger partial charge in [0.2, 0.25) is 0 Å². The monoisotopic (exact) mass is 325 g/mol. The zero-order valence-electron chi connectivity index (χ0n) is 11.2. The summed E-state index contributed by atoms with van der Waals surface area (Å²) in [7, 11) is 1.78. The lowest BCUT2D eigenvalue weighted by molar-refractivity contribution is 0.114. The van der Waals surface area contributed by atoms with Crippen molar-refractivity contribution in [3.63, 3.8) is 0 Å². The van der Waals surface area contributed by atoms with Crippen LogP contribution in [0.25, 0.3) is 0 Å². The zero-order chi connectivity index (χ0) is 13.5. The van der Waals surface area contributed by atoms with E-state index in [4.69, 9.17) is 4.74 Å². The van der Waals surface area contributed by atoms with E-state index in [1.807, 2.05) is 12.1 Å². The molecule has 0 spiro atoms. The van der Waals surface area contributed by atoms with Gasteiger partial charge in [-0.1, -0.05) is 28.1 Å². The van der Waals surface area contributed by atoms with Crippen molar-refractivity contribution in [1.29, 1.82) is 0 Å². The SMILES string of the molecule is CN=C(NCc1cccc(Br)c1)NCC1CCCO1. The zero-order valence-corrected chi connectivity index (χ0v) is 12.7. The van der Waals surface area contributed by atoms with Gasteiger partial charge in [-0.2, -0.15) is 0 Å². The van der Waals surface area contributed by atoms with E-state index in [0.717, 1.165) is 43.0 Å². The van der Waals surface area contributed by atoms with Gasteiger partial charge in [-0.15, -0.1) is 0 Å². The Labute approximate surface area is 122 Å². The Bertz CT molecular complexity index is 430. The summed E-state index contributed by atoms with van der Waals surface area (Å²) >= 11 is 3.47. The predicted molar refractivity (Wildman–Crippen MR) is 81.3 cm³/mol. The predicted octanol–water partition coefficient (Wildman–Crippen LogP) is 2.29. The molecule has 0 saturated carbocycles. The molecule has 1 aliphatic heterocycles. The summed E-state index contributed by atoms with van der Waals surface area (Å²) in [5, 5.41) is 6.60. The Morgan fingerprint density at radius 1 is 1.47 bits per heavy atom. The molecular formula is C14H20BrN3O. The van der Waals surface area contributed by atoms with E-state index in [-0.39, 0.29) is 0 Å². The molecule has 1 saturated heterocycles. The molecule has 1 aromatic rings. The molecule has 4 nitrogen and oxygen atoms in total. The van der Waals surface area contributed by atoms with Gasteiger partial charge in [0.05, 0.1) is 6.10 Å². The molecule has 1 unspecified atom stereocenters. The first-order valence-corrected chi connectivity index (χ1v) is 7.38. The fraction of sp³-hybridized carbons (Fsp3) is 0.500.